The van der Waals surface area contributed by atoms with Crippen LogP contribution in [0.5, 0.6) is 5.75 Å². The molecule has 9 nitrogen and oxygen atoms in total. The lowest BCUT2D eigenvalue weighted by Crippen LogP contribution is -2.26. The first-order valence-corrected chi connectivity index (χ1v) is 13.6. The largest absolute Gasteiger partial charge is 0.494 e. The van der Waals surface area contributed by atoms with Crippen LogP contribution in [0.25, 0.3) is 22.5 Å². The van der Waals surface area contributed by atoms with Crippen LogP contribution in [0.15, 0.2) is 71.9 Å². The van der Waals surface area contributed by atoms with Gasteiger partial charge in [0.15, 0.2) is 11.6 Å². The molecule has 0 saturated heterocycles. The quantitative estimate of drug-likeness (QED) is 0.282. The lowest BCUT2D eigenvalue weighted by atomic mass is 10.1. The summed E-state index contributed by atoms with van der Waals surface area (Å²) in [4.78, 5) is 9.19. The molecule has 38 heavy (non-hydrogen) atoms. The number of anilines is 1. The van der Waals surface area contributed by atoms with Crippen molar-refractivity contribution >= 4 is 16.0 Å². The maximum Gasteiger partial charge on any atom is 0.240 e. The Labute approximate surface area is 222 Å². The molecule has 2 heterocycles. The normalized spacial score (nSPS) is 11.9. The van der Waals surface area contributed by atoms with Crippen LogP contribution >= 0.6 is 0 Å². The molecule has 0 unspecified atom stereocenters. The molecule has 0 aliphatic carbocycles. The molecule has 11 heteroatoms. The van der Waals surface area contributed by atoms with Crippen LogP contribution in [-0.4, -0.2) is 48.4 Å². The number of aromatic nitrogens is 4. The van der Waals surface area contributed by atoms with Gasteiger partial charge in [0.1, 0.15) is 5.69 Å². The predicted octanol–water partition coefficient (Wildman–Crippen LogP) is 4.69. The zero-order valence-electron chi connectivity index (χ0n) is 21.8. The first kappa shape index (κ1) is 27.2. The Bertz CT molecular complexity index is 1500. The van der Waals surface area contributed by atoms with Crippen molar-refractivity contribution in [2.75, 3.05) is 25.5 Å². The Balaban J connectivity index is 1.50. The maximum atomic E-state index is 14.1. The molecule has 2 N–H and O–H groups in total. The van der Waals surface area contributed by atoms with Crippen LogP contribution in [0.4, 0.5) is 10.3 Å². The number of rotatable bonds is 10. The van der Waals surface area contributed by atoms with Gasteiger partial charge in [-0.1, -0.05) is 18.2 Å². The fourth-order valence-corrected chi connectivity index (χ4v) is 4.79. The zero-order valence-corrected chi connectivity index (χ0v) is 22.6. The second kappa shape index (κ2) is 11.3. The maximum absolute atomic E-state index is 14.1. The molecule has 0 aliphatic heterocycles. The standard InChI is InChI=1S/C27H31FN6O3S/c1-27(2,3)34-18-21(25(33-34)19-11-12-22(28)24(17-19)37-4)23-13-16-30-26(32-23)29-14-8-15-31-38(35,36)20-9-6-5-7-10-20/h5-7,9-13,16-18,31H,8,14-15H2,1-4H3,(H,29,30,32). The smallest absolute Gasteiger partial charge is 0.240 e. The Morgan fingerprint density at radius 3 is 2.53 bits per heavy atom. The van der Waals surface area contributed by atoms with Gasteiger partial charge in [0, 0.05) is 36.6 Å². The van der Waals surface area contributed by atoms with Gasteiger partial charge in [-0.3, -0.25) is 4.68 Å². The van der Waals surface area contributed by atoms with E-state index < -0.39 is 15.8 Å². The van der Waals surface area contributed by atoms with Gasteiger partial charge < -0.3 is 10.1 Å². The van der Waals surface area contributed by atoms with Crippen molar-refractivity contribution in [2.45, 2.75) is 37.6 Å². The summed E-state index contributed by atoms with van der Waals surface area (Å²) in [6, 6.07) is 14.7. The van der Waals surface area contributed by atoms with Crippen LogP contribution in [0.3, 0.4) is 0 Å². The number of halogens is 1. The van der Waals surface area contributed by atoms with E-state index in [0.29, 0.717) is 35.9 Å². The summed E-state index contributed by atoms with van der Waals surface area (Å²) in [6.45, 7) is 6.84. The molecular weight excluding hydrogens is 507 g/mol. The van der Waals surface area contributed by atoms with Gasteiger partial charge in [0.2, 0.25) is 16.0 Å². The molecule has 0 saturated carbocycles. The molecule has 0 spiro atoms. The molecule has 2 aromatic carbocycles. The van der Waals surface area contributed by atoms with Gasteiger partial charge in [0.05, 0.1) is 23.2 Å². The third kappa shape index (κ3) is 6.35. The first-order chi connectivity index (χ1) is 18.1. The van der Waals surface area contributed by atoms with Crippen LogP contribution in [-0.2, 0) is 15.6 Å². The average Bonchev–Trinajstić information content (AvgIpc) is 3.36. The van der Waals surface area contributed by atoms with Gasteiger partial charge in [-0.15, -0.1) is 0 Å². The van der Waals surface area contributed by atoms with Crippen LogP contribution < -0.4 is 14.8 Å². The van der Waals surface area contributed by atoms with E-state index in [1.165, 1.54) is 13.2 Å². The van der Waals surface area contributed by atoms with Crippen molar-refractivity contribution in [3.63, 3.8) is 0 Å². The van der Waals surface area contributed by atoms with Gasteiger partial charge in [-0.2, -0.15) is 5.10 Å². The molecule has 4 rings (SSSR count). The molecule has 0 aliphatic rings. The van der Waals surface area contributed by atoms with Gasteiger partial charge >= 0.3 is 0 Å². The van der Waals surface area contributed by atoms with Crippen molar-refractivity contribution in [3.8, 4) is 28.3 Å². The fraction of sp³-hybridized carbons (Fsp3) is 0.296. The third-order valence-corrected chi connectivity index (χ3v) is 7.22. The Kier molecular flexibility index (Phi) is 8.08. The molecule has 4 aromatic rings. The molecular formula is C27H31FN6O3S. The summed E-state index contributed by atoms with van der Waals surface area (Å²) in [5.74, 6) is 0.0823. The van der Waals surface area contributed by atoms with Crippen LogP contribution in [0, 0.1) is 5.82 Å². The molecule has 0 radical (unpaired) electrons. The Morgan fingerprint density at radius 2 is 1.82 bits per heavy atom. The van der Waals surface area contributed by atoms with Gasteiger partial charge in [-0.05, 0) is 63.6 Å². The highest BCUT2D eigenvalue weighted by Gasteiger charge is 2.22. The third-order valence-electron chi connectivity index (χ3n) is 5.74. The minimum absolute atomic E-state index is 0.131. The second-order valence-electron chi connectivity index (χ2n) is 9.61. The molecule has 200 valence electrons. The average molecular weight is 539 g/mol. The van der Waals surface area contributed by atoms with Crippen molar-refractivity contribution < 1.29 is 17.5 Å². The summed E-state index contributed by atoms with van der Waals surface area (Å²) in [7, 11) is -2.13. The number of sulfonamides is 1. The van der Waals surface area contributed by atoms with E-state index in [9.17, 15) is 12.8 Å². The van der Waals surface area contributed by atoms with E-state index in [1.54, 1.807) is 54.7 Å². The van der Waals surface area contributed by atoms with Crippen LogP contribution in [0.1, 0.15) is 27.2 Å². The Hall–Kier alpha value is -3.83. The number of ether oxygens (including phenoxy) is 1. The first-order valence-electron chi connectivity index (χ1n) is 12.1. The number of hydrogen-bond donors (Lipinski definition) is 2. The minimum atomic E-state index is -3.55. The van der Waals surface area contributed by atoms with Crippen molar-refractivity contribution in [1.29, 1.82) is 0 Å². The van der Waals surface area contributed by atoms with Gasteiger partial charge in [0.25, 0.3) is 0 Å². The summed E-state index contributed by atoms with van der Waals surface area (Å²) in [5.41, 5.74) is 2.44. The van der Waals surface area contributed by atoms with Crippen molar-refractivity contribution in [2.24, 2.45) is 0 Å². The topological polar surface area (TPSA) is 111 Å². The summed E-state index contributed by atoms with van der Waals surface area (Å²) < 4.78 is 48.4. The molecule has 0 amide bonds. The highest BCUT2D eigenvalue weighted by Crippen LogP contribution is 2.34. The second-order valence-corrected chi connectivity index (χ2v) is 11.4. The van der Waals surface area contributed by atoms with Crippen LogP contribution in [0.2, 0.25) is 0 Å². The highest BCUT2D eigenvalue weighted by atomic mass is 32.2. The van der Waals surface area contributed by atoms with E-state index in [2.05, 4.69) is 20.0 Å². The monoisotopic (exact) mass is 538 g/mol. The van der Waals surface area contributed by atoms with E-state index in [1.807, 2.05) is 31.6 Å². The summed E-state index contributed by atoms with van der Waals surface area (Å²) in [6.07, 6.45) is 4.09. The molecule has 0 fully saturated rings. The van der Waals surface area contributed by atoms with E-state index in [4.69, 9.17) is 9.84 Å². The number of hydrogen-bond acceptors (Lipinski definition) is 7. The van der Waals surface area contributed by atoms with E-state index >= 15 is 0 Å². The van der Waals surface area contributed by atoms with Crippen molar-refractivity contribution in [1.82, 2.24) is 24.5 Å². The molecule has 2 aromatic heterocycles. The SMILES string of the molecule is COc1cc(-c2nn(C(C)(C)C)cc2-c2ccnc(NCCCNS(=O)(=O)c3ccccc3)n2)ccc1F. The Morgan fingerprint density at radius 1 is 1.05 bits per heavy atom. The minimum Gasteiger partial charge on any atom is -0.494 e. The lowest BCUT2D eigenvalue weighted by Gasteiger charge is -2.18. The molecule has 0 atom stereocenters. The highest BCUT2D eigenvalue weighted by molar-refractivity contribution is 7.89. The van der Waals surface area contributed by atoms with E-state index in [-0.39, 0.29) is 22.7 Å². The fourth-order valence-electron chi connectivity index (χ4n) is 3.70. The number of nitrogens with zero attached hydrogens (tertiary/aromatic N) is 4. The summed E-state index contributed by atoms with van der Waals surface area (Å²) in [5, 5.41) is 7.94. The van der Waals surface area contributed by atoms with E-state index in [0.717, 1.165) is 5.56 Å². The van der Waals surface area contributed by atoms with Gasteiger partial charge in [-0.25, -0.2) is 27.5 Å². The number of benzene rings is 2. The number of methoxy groups -OCH3 is 1. The predicted molar refractivity (Wildman–Crippen MR) is 145 cm³/mol. The zero-order chi connectivity index (χ0) is 27.3. The summed E-state index contributed by atoms with van der Waals surface area (Å²) >= 11 is 0. The molecule has 0 bridgehead atoms. The van der Waals surface area contributed by atoms with Crippen molar-refractivity contribution in [3.05, 3.63) is 72.8 Å². The lowest BCUT2D eigenvalue weighted by molar-refractivity contribution is 0.356. The number of nitrogens with one attached hydrogen (secondary N) is 2.